The van der Waals surface area contributed by atoms with E-state index in [9.17, 15) is 45.7 Å². The van der Waals surface area contributed by atoms with Crippen molar-refractivity contribution in [3.8, 4) is 17.2 Å². The minimum atomic E-state index is -1.13. The molecular formula is C13H3BrN5O8. The molecule has 0 aromatic heterocycles. The van der Waals surface area contributed by atoms with Crippen LogP contribution in [0.5, 0.6) is 0 Å². The molecule has 2 aromatic carbocycles. The second-order valence-corrected chi connectivity index (χ2v) is 5.61. The van der Waals surface area contributed by atoms with Crippen molar-refractivity contribution in [3.63, 3.8) is 0 Å². The van der Waals surface area contributed by atoms with Gasteiger partial charge in [-0.15, -0.1) is 0 Å². The molecule has 0 aliphatic heterocycles. The zero-order chi connectivity index (χ0) is 20.5. The van der Waals surface area contributed by atoms with Crippen molar-refractivity contribution in [1.29, 1.82) is 5.26 Å². The molecule has 2 rings (SSSR count). The topological polar surface area (TPSA) is 196 Å². The minimum Gasteiger partial charge on any atom is -0.258 e. The van der Waals surface area contributed by atoms with Crippen LogP contribution in [-0.2, 0) is 0 Å². The van der Waals surface area contributed by atoms with E-state index in [-0.39, 0.29) is 4.47 Å². The Bertz CT molecular complexity index is 1040. The Kier molecular flexibility index (Phi) is 5.08. The third-order valence-corrected chi connectivity index (χ3v) is 3.68. The highest BCUT2D eigenvalue weighted by molar-refractivity contribution is 9.10. The Morgan fingerprint density at radius 3 is 1.85 bits per heavy atom. The SMILES string of the molecule is N#Cc1cc([N+](=O)[O-])cc([N+](=O)[O-])c1-c1c([N+](=O)[O-])[c]c(Br)cc1[N+](=O)[O-]. The summed E-state index contributed by atoms with van der Waals surface area (Å²) in [4.78, 5) is 40.8. The maximum atomic E-state index is 11.4. The molecule has 0 atom stereocenters. The molecule has 0 fully saturated rings. The Morgan fingerprint density at radius 2 is 1.41 bits per heavy atom. The van der Waals surface area contributed by atoms with Crippen LogP contribution in [0.2, 0.25) is 0 Å². The lowest BCUT2D eigenvalue weighted by Gasteiger charge is -2.08. The molecule has 0 saturated heterocycles. The molecule has 14 heteroatoms. The van der Waals surface area contributed by atoms with Crippen LogP contribution in [0.1, 0.15) is 5.56 Å². The molecule has 0 unspecified atom stereocenters. The molecule has 0 bridgehead atoms. The zero-order valence-electron chi connectivity index (χ0n) is 12.6. The first-order chi connectivity index (χ1) is 12.6. The van der Waals surface area contributed by atoms with E-state index >= 15 is 0 Å². The lowest BCUT2D eigenvalue weighted by molar-refractivity contribution is -0.396. The van der Waals surface area contributed by atoms with Crippen molar-refractivity contribution in [2.24, 2.45) is 0 Å². The van der Waals surface area contributed by atoms with Crippen LogP contribution in [0.25, 0.3) is 11.1 Å². The van der Waals surface area contributed by atoms with Crippen molar-refractivity contribution >= 4 is 38.7 Å². The second-order valence-electron chi connectivity index (χ2n) is 4.75. The summed E-state index contributed by atoms with van der Waals surface area (Å²) in [6.07, 6.45) is 0. The number of nitro groups is 4. The highest BCUT2D eigenvalue weighted by atomic mass is 79.9. The van der Waals surface area contributed by atoms with E-state index < -0.39 is 59.1 Å². The fourth-order valence-electron chi connectivity index (χ4n) is 2.26. The van der Waals surface area contributed by atoms with E-state index in [1.54, 1.807) is 0 Å². The van der Waals surface area contributed by atoms with E-state index in [2.05, 4.69) is 22.0 Å². The lowest BCUT2D eigenvalue weighted by atomic mass is 9.94. The maximum Gasteiger partial charge on any atom is 0.293 e. The zero-order valence-corrected chi connectivity index (χ0v) is 14.2. The summed E-state index contributed by atoms with van der Waals surface area (Å²) in [6, 6.07) is 5.54. The first-order valence-electron chi connectivity index (χ1n) is 6.50. The van der Waals surface area contributed by atoms with Gasteiger partial charge in [-0.25, -0.2) is 0 Å². The quantitative estimate of drug-likeness (QED) is 0.497. The molecule has 2 aromatic rings. The Hall–Kier alpha value is -3.99. The number of halogens is 1. The van der Waals surface area contributed by atoms with Gasteiger partial charge in [-0.2, -0.15) is 5.26 Å². The summed E-state index contributed by atoms with van der Waals surface area (Å²) in [5.41, 5.74) is -6.17. The van der Waals surface area contributed by atoms with E-state index in [1.165, 1.54) is 6.07 Å². The van der Waals surface area contributed by atoms with E-state index in [0.29, 0.717) is 12.1 Å². The molecule has 0 heterocycles. The van der Waals surface area contributed by atoms with Gasteiger partial charge >= 0.3 is 0 Å². The first kappa shape index (κ1) is 19.3. The molecular weight excluding hydrogens is 434 g/mol. The molecule has 135 valence electrons. The highest BCUT2D eigenvalue weighted by Gasteiger charge is 2.36. The minimum absolute atomic E-state index is 0.173. The average Bonchev–Trinajstić information content (AvgIpc) is 2.59. The van der Waals surface area contributed by atoms with Crippen molar-refractivity contribution in [3.05, 3.63) is 74.8 Å². The number of hydrogen-bond acceptors (Lipinski definition) is 9. The molecule has 0 saturated carbocycles. The van der Waals surface area contributed by atoms with Crippen LogP contribution in [-0.4, -0.2) is 19.7 Å². The fraction of sp³-hybridized carbons (Fsp3) is 0. The van der Waals surface area contributed by atoms with Gasteiger partial charge in [0.1, 0.15) is 11.6 Å². The van der Waals surface area contributed by atoms with E-state index in [1.807, 2.05) is 0 Å². The monoisotopic (exact) mass is 436 g/mol. The van der Waals surface area contributed by atoms with Gasteiger partial charge in [-0.3, -0.25) is 40.5 Å². The standard InChI is InChI=1S/C13H3BrN5O8/c14-7-2-9(17(22)23)13(10(3-7)18(24)25)12-6(5-15)1-8(16(20)21)4-11(12)19(26)27/h1-2,4H. The van der Waals surface area contributed by atoms with Crippen molar-refractivity contribution in [2.75, 3.05) is 0 Å². The van der Waals surface area contributed by atoms with Crippen LogP contribution >= 0.6 is 15.9 Å². The van der Waals surface area contributed by atoms with E-state index in [4.69, 9.17) is 0 Å². The van der Waals surface area contributed by atoms with Crippen LogP contribution in [0.15, 0.2) is 22.7 Å². The summed E-state index contributed by atoms with van der Waals surface area (Å²) < 4.78 is -0.173. The van der Waals surface area contributed by atoms with Gasteiger partial charge in [0.2, 0.25) is 0 Å². The van der Waals surface area contributed by atoms with Crippen LogP contribution in [0, 0.1) is 57.9 Å². The highest BCUT2D eigenvalue weighted by Crippen LogP contribution is 2.46. The fourth-order valence-corrected chi connectivity index (χ4v) is 2.67. The third kappa shape index (κ3) is 3.52. The Morgan fingerprint density at radius 1 is 0.852 bits per heavy atom. The van der Waals surface area contributed by atoms with Crippen LogP contribution in [0.4, 0.5) is 22.7 Å². The number of rotatable bonds is 5. The van der Waals surface area contributed by atoms with Gasteiger partial charge in [-0.05, 0) is 15.9 Å². The molecule has 1 radical (unpaired) electrons. The number of nitro benzene ring substituents is 4. The summed E-state index contributed by atoms with van der Waals surface area (Å²) in [7, 11) is 0. The predicted molar refractivity (Wildman–Crippen MR) is 89.7 cm³/mol. The second kappa shape index (κ2) is 7.09. The molecule has 13 nitrogen and oxygen atoms in total. The molecule has 27 heavy (non-hydrogen) atoms. The summed E-state index contributed by atoms with van der Waals surface area (Å²) in [5, 5.41) is 54.3. The largest absolute Gasteiger partial charge is 0.293 e. The van der Waals surface area contributed by atoms with E-state index in [0.717, 1.165) is 6.07 Å². The molecule has 0 aliphatic carbocycles. The van der Waals surface area contributed by atoms with Gasteiger partial charge in [0.15, 0.2) is 0 Å². The smallest absolute Gasteiger partial charge is 0.258 e. The van der Waals surface area contributed by atoms with Gasteiger partial charge < -0.3 is 0 Å². The van der Waals surface area contributed by atoms with Crippen LogP contribution in [0.3, 0.4) is 0 Å². The first-order valence-corrected chi connectivity index (χ1v) is 7.29. The predicted octanol–water partition coefficient (Wildman–Crippen LogP) is 3.42. The van der Waals surface area contributed by atoms with Gasteiger partial charge in [0.25, 0.3) is 22.7 Å². The number of hydrogen-bond donors (Lipinski definition) is 0. The van der Waals surface area contributed by atoms with Gasteiger partial charge in [0.05, 0.1) is 43.0 Å². The summed E-state index contributed by atoms with van der Waals surface area (Å²) >= 11 is 2.82. The Labute approximate surface area is 156 Å². The van der Waals surface area contributed by atoms with Gasteiger partial charge in [-0.1, -0.05) is 0 Å². The van der Waals surface area contributed by atoms with Crippen molar-refractivity contribution in [2.45, 2.75) is 0 Å². The normalized spacial score (nSPS) is 10.1. The van der Waals surface area contributed by atoms with Gasteiger partial charge in [0, 0.05) is 16.6 Å². The summed E-state index contributed by atoms with van der Waals surface area (Å²) in [6.45, 7) is 0. The molecule has 0 spiro atoms. The average molecular weight is 437 g/mol. The number of nitriles is 1. The Balaban J connectivity index is 3.13. The summed E-state index contributed by atoms with van der Waals surface area (Å²) in [5.74, 6) is 0. The maximum absolute atomic E-state index is 11.4. The van der Waals surface area contributed by atoms with Crippen molar-refractivity contribution in [1.82, 2.24) is 0 Å². The number of nitrogens with zero attached hydrogens (tertiary/aromatic N) is 5. The lowest BCUT2D eigenvalue weighted by Crippen LogP contribution is -2.03. The molecule has 0 aliphatic rings. The molecule has 0 N–H and O–H groups in total. The number of benzene rings is 2. The number of non-ortho nitro benzene ring substituents is 1. The van der Waals surface area contributed by atoms with Crippen LogP contribution < -0.4 is 0 Å². The third-order valence-electron chi connectivity index (χ3n) is 3.25. The molecule has 0 amide bonds. The van der Waals surface area contributed by atoms with Crippen molar-refractivity contribution < 1.29 is 19.7 Å².